The number of aromatic nitrogens is 2. The second kappa shape index (κ2) is 6.05. The number of anilines is 1. The third-order valence-corrected chi connectivity index (χ3v) is 5.94. The highest BCUT2D eigenvalue weighted by atomic mass is 16.1. The molecular weight excluding hydrogens is 336 g/mol. The van der Waals surface area contributed by atoms with Gasteiger partial charge >= 0.3 is 0 Å². The summed E-state index contributed by atoms with van der Waals surface area (Å²) in [5.41, 5.74) is 10.6. The van der Waals surface area contributed by atoms with Crippen LogP contribution in [-0.4, -0.2) is 28.5 Å². The molecule has 2 heterocycles. The topological polar surface area (TPSA) is 72.1 Å². The Kier molecular flexibility index (Phi) is 3.64. The summed E-state index contributed by atoms with van der Waals surface area (Å²) in [4.78, 5) is 24.0. The van der Waals surface area contributed by atoms with Gasteiger partial charge in [0.2, 0.25) is 11.9 Å². The molecule has 5 nitrogen and oxygen atoms in total. The first-order valence-electron chi connectivity index (χ1n) is 9.62. The van der Waals surface area contributed by atoms with Crippen LogP contribution in [0.2, 0.25) is 0 Å². The first-order valence-corrected chi connectivity index (χ1v) is 9.62. The molecule has 1 atom stereocenters. The van der Waals surface area contributed by atoms with Crippen molar-refractivity contribution in [1.29, 1.82) is 0 Å². The summed E-state index contributed by atoms with van der Waals surface area (Å²) in [5.74, 6) is 0.438. The minimum Gasteiger partial charge on any atom is -0.366 e. The highest BCUT2D eigenvalue weighted by Crippen LogP contribution is 2.37. The predicted molar refractivity (Wildman–Crippen MR) is 107 cm³/mol. The van der Waals surface area contributed by atoms with E-state index in [1.54, 1.807) is 0 Å². The lowest BCUT2D eigenvalue weighted by Gasteiger charge is -2.39. The first-order chi connectivity index (χ1) is 13.1. The van der Waals surface area contributed by atoms with Crippen LogP contribution >= 0.6 is 0 Å². The SMILES string of the molecule is CC1CCN1c1nc2c(c(-c3ccc(C(N)=O)c4ccccc34)n1)CCC2. The van der Waals surface area contributed by atoms with Crippen LogP contribution in [0.1, 0.15) is 41.4 Å². The molecule has 0 radical (unpaired) electrons. The van der Waals surface area contributed by atoms with Crippen molar-refractivity contribution in [3.05, 3.63) is 53.2 Å². The van der Waals surface area contributed by atoms with Gasteiger partial charge in [-0.1, -0.05) is 30.3 Å². The van der Waals surface area contributed by atoms with Crippen molar-refractivity contribution < 1.29 is 4.79 Å². The maximum absolute atomic E-state index is 11.9. The number of primary amides is 1. The van der Waals surface area contributed by atoms with E-state index in [1.807, 2.05) is 36.4 Å². The van der Waals surface area contributed by atoms with Crippen molar-refractivity contribution in [2.24, 2.45) is 5.73 Å². The van der Waals surface area contributed by atoms with E-state index in [2.05, 4.69) is 11.8 Å². The van der Waals surface area contributed by atoms with Gasteiger partial charge in [0.15, 0.2) is 0 Å². The molecule has 1 aromatic heterocycles. The smallest absolute Gasteiger partial charge is 0.249 e. The summed E-state index contributed by atoms with van der Waals surface area (Å²) in [6.45, 7) is 3.23. The molecule has 0 bridgehead atoms. The van der Waals surface area contributed by atoms with Crippen LogP contribution in [0.3, 0.4) is 0 Å². The molecule has 1 aliphatic carbocycles. The van der Waals surface area contributed by atoms with Crippen LogP contribution in [0.4, 0.5) is 5.95 Å². The zero-order valence-corrected chi connectivity index (χ0v) is 15.4. The van der Waals surface area contributed by atoms with Crippen molar-refractivity contribution in [2.75, 3.05) is 11.4 Å². The number of carbonyl (C=O) groups is 1. The molecule has 2 aromatic carbocycles. The Morgan fingerprint density at radius 3 is 2.63 bits per heavy atom. The Bertz CT molecular complexity index is 1080. The summed E-state index contributed by atoms with van der Waals surface area (Å²) in [7, 11) is 0. The van der Waals surface area contributed by atoms with Crippen LogP contribution in [0.5, 0.6) is 0 Å². The van der Waals surface area contributed by atoms with Gasteiger partial charge in [-0.25, -0.2) is 9.97 Å². The maximum Gasteiger partial charge on any atom is 0.249 e. The number of fused-ring (bicyclic) bond motifs is 2. The molecule has 1 unspecified atom stereocenters. The molecule has 0 spiro atoms. The molecule has 5 rings (SSSR count). The van der Waals surface area contributed by atoms with E-state index >= 15 is 0 Å². The minimum absolute atomic E-state index is 0.402. The number of carbonyl (C=O) groups excluding carboxylic acids is 1. The van der Waals surface area contributed by atoms with Gasteiger partial charge in [-0.3, -0.25) is 4.79 Å². The van der Waals surface area contributed by atoms with Crippen molar-refractivity contribution in [2.45, 2.75) is 38.6 Å². The van der Waals surface area contributed by atoms with Crippen molar-refractivity contribution in [3.8, 4) is 11.3 Å². The molecule has 1 amide bonds. The maximum atomic E-state index is 11.9. The van der Waals surface area contributed by atoms with E-state index in [0.29, 0.717) is 11.6 Å². The molecule has 0 saturated carbocycles. The lowest BCUT2D eigenvalue weighted by molar-refractivity contribution is 0.100. The largest absolute Gasteiger partial charge is 0.366 e. The summed E-state index contributed by atoms with van der Waals surface area (Å²) in [5, 5.41) is 1.90. The van der Waals surface area contributed by atoms with Crippen LogP contribution in [0.25, 0.3) is 22.0 Å². The zero-order chi connectivity index (χ0) is 18.5. The van der Waals surface area contributed by atoms with E-state index in [-0.39, 0.29) is 0 Å². The fraction of sp³-hybridized carbons (Fsp3) is 0.318. The number of nitrogens with zero attached hydrogens (tertiary/aromatic N) is 3. The molecule has 2 aliphatic rings. The minimum atomic E-state index is -0.402. The van der Waals surface area contributed by atoms with E-state index < -0.39 is 5.91 Å². The summed E-state index contributed by atoms with van der Waals surface area (Å²) in [6.07, 6.45) is 4.32. The Labute approximate surface area is 158 Å². The molecule has 136 valence electrons. The molecule has 1 aliphatic heterocycles. The van der Waals surface area contributed by atoms with Crippen LogP contribution < -0.4 is 10.6 Å². The fourth-order valence-corrected chi connectivity index (χ4v) is 4.30. The number of hydrogen-bond acceptors (Lipinski definition) is 4. The Morgan fingerprint density at radius 2 is 1.93 bits per heavy atom. The molecular formula is C22H22N4O. The van der Waals surface area contributed by atoms with E-state index in [1.165, 1.54) is 17.7 Å². The highest BCUT2D eigenvalue weighted by Gasteiger charge is 2.29. The standard InChI is InChI=1S/C22H22N4O/c1-13-11-12-26(13)22-24-19-8-4-7-18(19)20(25-22)16-9-10-17(21(23)27)15-6-3-2-5-14(15)16/h2-3,5-6,9-10,13H,4,7-8,11-12H2,1H3,(H2,23,27). The van der Waals surface area contributed by atoms with E-state index in [9.17, 15) is 4.79 Å². The number of hydrogen-bond donors (Lipinski definition) is 1. The number of rotatable bonds is 3. The Morgan fingerprint density at radius 1 is 1.11 bits per heavy atom. The van der Waals surface area contributed by atoms with Gasteiger partial charge in [-0.05, 0) is 49.4 Å². The second-order valence-electron chi connectivity index (χ2n) is 7.55. The third-order valence-electron chi connectivity index (χ3n) is 5.94. The third kappa shape index (κ3) is 2.49. The van der Waals surface area contributed by atoms with Gasteiger partial charge in [0, 0.05) is 35.0 Å². The number of nitrogens with two attached hydrogens (primary N) is 1. The highest BCUT2D eigenvalue weighted by molar-refractivity contribution is 6.10. The molecule has 27 heavy (non-hydrogen) atoms. The Hall–Kier alpha value is -2.95. The number of amides is 1. The van der Waals surface area contributed by atoms with Crippen molar-refractivity contribution in [3.63, 3.8) is 0 Å². The number of aryl methyl sites for hydroxylation is 1. The molecule has 1 fully saturated rings. The quantitative estimate of drug-likeness (QED) is 0.778. The number of benzene rings is 2. The zero-order valence-electron chi connectivity index (χ0n) is 15.4. The van der Waals surface area contributed by atoms with Crippen LogP contribution in [-0.2, 0) is 12.8 Å². The summed E-state index contributed by atoms with van der Waals surface area (Å²) < 4.78 is 0. The normalized spacial score (nSPS) is 18.4. The van der Waals surface area contributed by atoms with Gasteiger partial charge in [0.1, 0.15) is 0 Å². The first kappa shape index (κ1) is 16.2. The van der Waals surface area contributed by atoms with E-state index in [0.717, 1.165) is 53.8 Å². The van der Waals surface area contributed by atoms with Gasteiger partial charge in [0.25, 0.3) is 0 Å². The lowest BCUT2D eigenvalue weighted by atomic mass is 9.95. The summed E-state index contributed by atoms with van der Waals surface area (Å²) in [6, 6.07) is 12.3. The summed E-state index contributed by atoms with van der Waals surface area (Å²) >= 11 is 0. The molecule has 1 saturated heterocycles. The van der Waals surface area contributed by atoms with Gasteiger partial charge in [0.05, 0.1) is 5.69 Å². The van der Waals surface area contributed by atoms with Crippen molar-refractivity contribution in [1.82, 2.24) is 9.97 Å². The molecule has 2 N–H and O–H groups in total. The van der Waals surface area contributed by atoms with Gasteiger partial charge in [-0.2, -0.15) is 0 Å². The average molecular weight is 358 g/mol. The lowest BCUT2D eigenvalue weighted by Crippen LogP contribution is -2.46. The monoisotopic (exact) mass is 358 g/mol. The van der Waals surface area contributed by atoms with Gasteiger partial charge in [-0.15, -0.1) is 0 Å². The molecule has 3 aromatic rings. The van der Waals surface area contributed by atoms with Crippen LogP contribution in [0, 0.1) is 0 Å². The predicted octanol–water partition coefficient (Wildman–Crippen LogP) is 3.48. The fourth-order valence-electron chi connectivity index (χ4n) is 4.30. The Balaban J connectivity index is 1.76. The van der Waals surface area contributed by atoms with Gasteiger partial charge < -0.3 is 10.6 Å². The van der Waals surface area contributed by atoms with Crippen LogP contribution in [0.15, 0.2) is 36.4 Å². The van der Waals surface area contributed by atoms with E-state index in [4.69, 9.17) is 15.7 Å². The van der Waals surface area contributed by atoms with Crippen molar-refractivity contribution >= 4 is 22.6 Å². The second-order valence-corrected chi connectivity index (χ2v) is 7.55. The molecule has 5 heteroatoms. The average Bonchev–Trinajstić information content (AvgIpc) is 3.14.